The van der Waals surface area contributed by atoms with Crippen LogP contribution < -0.4 is 14.8 Å². The van der Waals surface area contributed by atoms with E-state index in [1.807, 2.05) is 51.1 Å². The van der Waals surface area contributed by atoms with Gasteiger partial charge in [0, 0.05) is 12.3 Å². The molecule has 3 fully saturated rings. The lowest BCUT2D eigenvalue weighted by molar-refractivity contribution is -0.153. The van der Waals surface area contributed by atoms with Gasteiger partial charge in [0.15, 0.2) is 0 Å². The van der Waals surface area contributed by atoms with Gasteiger partial charge in [0.1, 0.15) is 24.0 Å². The third-order valence-electron chi connectivity index (χ3n) is 9.80. The van der Waals surface area contributed by atoms with E-state index < -0.39 is 73.9 Å². The number of cyclic esters (lactones) is 1. The molecule has 5 atom stereocenters. The van der Waals surface area contributed by atoms with Crippen LogP contribution in [0.1, 0.15) is 71.3 Å². The van der Waals surface area contributed by atoms with Crippen molar-refractivity contribution in [2.75, 3.05) is 13.2 Å². The lowest BCUT2D eigenvalue weighted by Crippen LogP contribution is -2.57. The number of carbonyl (C=O) groups is 4. The number of nitrogens with zero attached hydrogens (tertiary/aromatic N) is 3. The van der Waals surface area contributed by atoms with E-state index in [0.29, 0.717) is 42.5 Å². The van der Waals surface area contributed by atoms with E-state index in [-0.39, 0.29) is 32.4 Å². The zero-order chi connectivity index (χ0) is 35.1. The highest BCUT2D eigenvalue weighted by Crippen LogP contribution is 2.46. The summed E-state index contributed by atoms with van der Waals surface area (Å²) >= 11 is 0. The molecule has 0 unspecified atom stereocenters. The zero-order valence-corrected chi connectivity index (χ0v) is 28.8. The number of nitrogens with one attached hydrogen (secondary N) is 2. The first kappa shape index (κ1) is 34.5. The molecule has 13 nitrogen and oxygen atoms in total. The summed E-state index contributed by atoms with van der Waals surface area (Å²) in [6.07, 6.45) is 8.41. The molecular weight excluding hydrogens is 650 g/mol. The molecule has 1 aromatic heterocycles. The normalized spacial score (nSPS) is 28.5. The van der Waals surface area contributed by atoms with Crippen molar-refractivity contribution in [1.82, 2.24) is 24.9 Å². The third kappa shape index (κ3) is 7.34. The minimum Gasteiger partial charge on any atom is -0.472 e. The monoisotopic (exact) mass is 693 g/mol. The Kier molecular flexibility index (Phi) is 9.29. The molecule has 2 aliphatic carbocycles. The minimum absolute atomic E-state index is 0.00375. The molecule has 2 aromatic rings. The molecule has 262 valence electrons. The number of sulfonamides is 1. The van der Waals surface area contributed by atoms with Crippen LogP contribution in [0.2, 0.25) is 0 Å². The Hall–Kier alpha value is -4.33. The fourth-order valence-electron chi connectivity index (χ4n) is 6.60. The van der Waals surface area contributed by atoms with Gasteiger partial charge in [-0.15, -0.1) is 6.58 Å². The zero-order valence-electron chi connectivity index (χ0n) is 28.0. The summed E-state index contributed by atoms with van der Waals surface area (Å²) in [5.74, 6) is -3.44. The van der Waals surface area contributed by atoms with Gasteiger partial charge in [-0.1, -0.05) is 45.1 Å². The van der Waals surface area contributed by atoms with E-state index in [2.05, 4.69) is 26.6 Å². The van der Waals surface area contributed by atoms with Crippen LogP contribution in [-0.2, 0) is 33.9 Å². The van der Waals surface area contributed by atoms with E-state index in [1.54, 1.807) is 0 Å². The molecule has 3 heterocycles. The molecule has 2 saturated carbocycles. The lowest BCUT2D eigenvalue weighted by atomic mass is 9.77. The van der Waals surface area contributed by atoms with Crippen LogP contribution in [0.25, 0.3) is 17.0 Å². The minimum atomic E-state index is -3.88. The maximum atomic E-state index is 14.4. The van der Waals surface area contributed by atoms with Crippen LogP contribution in [0.4, 0.5) is 0 Å². The highest BCUT2D eigenvalue weighted by atomic mass is 32.2. The molecule has 1 aromatic carbocycles. The second kappa shape index (κ2) is 13.2. The Labute approximate surface area is 285 Å². The lowest BCUT2D eigenvalue weighted by Gasteiger charge is -2.35. The van der Waals surface area contributed by atoms with Crippen LogP contribution >= 0.6 is 0 Å². The van der Waals surface area contributed by atoms with Gasteiger partial charge in [-0.25, -0.2) is 18.4 Å². The molecule has 3 amide bonds. The first-order valence-electron chi connectivity index (χ1n) is 16.8. The maximum Gasteiger partial charge on any atom is 0.306 e. The summed E-state index contributed by atoms with van der Waals surface area (Å²) in [6, 6.07) is 4.59. The molecule has 2 N–H and O–H groups in total. The topological polar surface area (TPSA) is 174 Å². The van der Waals surface area contributed by atoms with E-state index in [4.69, 9.17) is 9.47 Å². The quantitative estimate of drug-likeness (QED) is 0.338. The Balaban J connectivity index is 1.33. The summed E-state index contributed by atoms with van der Waals surface area (Å²) in [5, 5.41) is 2.83. The summed E-state index contributed by atoms with van der Waals surface area (Å²) < 4.78 is 39.4. The number of rotatable bonds is 6. The van der Waals surface area contributed by atoms with Gasteiger partial charge in [0.25, 0.3) is 5.91 Å². The Bertz CT molecular complexity index is 1820. The highest BCUT2D eigenvalue weighted by Gasteiger charge is 2.62. The Morgan fingerprint density at radius 3 is 2.63 bits per heavy atom. The molecule has 1 saturated heterocycles. The number of hydrogen-bond donors (Lipinski definition) is 2. The van der Waals surface area contributed by atoms with Crippen LogP contribution in [0, 0.1) is 17.3 Å². The van der Waals surface area contributed by atoms with Gasteiger partial charge in [0.05, 0.1) is 41.6 Å². The summed E-state index contributed by atoms with van der Waals surface area (Å²) in [6.45, 7) is 9.51. The number of amides is 3. The van der Waals surface area contributed by atoms with Crippen LogP contribution in [-0.4, -0.2) is 83.1 Å². The van der Waals surface area contributed by atoms with Gasteiger partial charge in [-0.05, 0) is 55.2 Å². The highest BCUT2D eigenvalue weighted by molar-refractivity contribution is 7.91. The van der Waals surface area contributed by atoms with Crippen LogP contribution in [0.3, 0.4) is 0 Å². The third-order valence-corrected chi connectivity index (χ3v) is 11.6. The molecule has 4 aliphatic rings. The predicted octanol–water partition coefficient (Wildman–Crippen LogP) is 3.05. The van der Waals surface area contributed by atoms with E-state index in [0.717, 1.165) is 5.56 Å². The number of carbonyl (C=O) groups excluding carboxylic acids is 4. The molecule has 14 heteroatoms. The maximum absolute atomic E-state index is 14.4. The summed E-state index contributed by atoms with van der Waals surface area (Å²) in [5.41, 5.74) is -0.649. The van der Waals surface area contributed by atoms with Crippen LogP contribution in [0.15, 0.2) is 43.3 Å². The smallest absolute Gasteiger partial charge is 0.306 e. The number of fused-ring (bicyclic) bond motifs is 3. The predicted molar refractivity (Wildman–Crippen MR) is 180 cm³/mol. The van der Waals surface area contributed by atoms with Gasteiger partial charge < -0.3 is 19.7 Å². The number of aromatic nitrogens is 2. The largest absolute Gasteiger partial charge is 0.472 e. The summed E-state index contributed by atoms with van der Waals surface area (Å²) in [7, 11) is -3.88. The van der Waals surface area contributed by atoms with Crippen molar-refractivity contribution >= 4 is 50.7 Å². The average Bonchev–Trinajstić information content (AvgIpc) is 3.97. The van der Waals surface area contributed by atoms with Gasteiger partial charge in [-0.3, -0.25) is 23.9 Å². The fourth-order valence-corrected chi connectivity index (χ4v) is 7.96. The van der Waals surface area contributed by atoms with Crippen molar-refractivity contribution in [3.05, 3.63) is 48.8 Å². The van der Waals surface area contributed by atoms with Crippen molar-refractivity contribution < 1.29 is 37.1 Å². The molecule has 0 spiro atoms. The van der Waals surface area contributed by atoms with Crippen molar-refractivity contribution in [2.45, 2.75) is 88.7 Å². The first-order chi connectivity index (χ1) is 23.2. The standard InChI is InChI=1S/C35H43N5O8S/c1-5-22-18-35(22,33(44)39-49(45,46)24-11-12-24)38-30(42)28-16-23-19-40(28)32(43)26(34(2,3)4)17-29(41)47-14-8-6-7-9-21-10-13-27-25(15-21)31(48-23)37-20-36-27/h5,7,9-10,13,15,20,22-24,26,28H,1,6,8,11-12,14,16-19H2,2-4H3,(H,38,42)(H,39,44)/b9-7+/t22-,23-,26-,28+,35-/m1/s1. The summed E-state index contributed by atoms with van der Waals surface area (Å²) in [4.78, 5) is 65.2. The Morgan fingerprint density at radius 2 is 1.94 bits per heavy atom. The second-order valence-electron chi connectivity index (χ2n) is 14.5. The van der Waals surface area contributed by atoms with Crippen molar-refractivity contribution in [3.8, 4) is 5.88 Å². The SMILES string of the molecule is C=C[C@@H]1C[C@]1(NC(=O)[C@@H]1C[C@@H]2CN1C(=O)[C@H](C(C)(C)C)CC(=O)OCCC/C=C/c1ccc3ncnc(c3c1)O2)C(=O)NS(=O)(=O)C1CC1. The molecular formula is C35H43N5O8S. The number of ether oxygens (including phenoxy) is 2. The Morgan fingerprint density at radius 1 is 1.16 bits per heavy atom. The van der Waals surface area contributed by atoms with Gasteiger partial charge >= 0.3 is 5.97 Å². The van der Waals surface area contributed by atoms with Crippen molar-refractivity contribution in [2.24, 2.45) is 17.3 Å². The second-order valence-corrected chi connectivity index (χ2v) is 16.5. The van der Waals surface area contributed by atoms with E-state index in [9.17, 15) is 27.6 Å². The van der Waals surface area contributed by atoms with Gasteiger partial charge in [0.2, 0.25) is 27.7 Å². The molecule has 2 aliphatic heterocycles. The van der Waals surface area contributed by atoms with E-state index >= 15 is 0 Å². The fraction of sp³-hybridized carbons (Fsp3) is 0.543. The number of esters is 1. The number of benzene rings is 1. The number of allylic oxidation sites excluding steroid dienone is 1. The first-order valence-corrected chi connectivity index (χ1v) is 18.3. The molecule has 0 radical (unpaired) electrons. The average molecular weight is 694 g/mol. The van der Waals surface area contributed by atoms with E-state index in [1.165, 1.54) is 17.3 Å². The van der Waals surface area contributed by atoms with Gasteiger partial charge in [-0.2, -0.15) is 0 Å². The van der Waals surface area contributed by atoms with Crippen molar-refractivity contribution in [3.63, 3.8) is 0 Å². The molecule has 6 rings (SSSR count). The van der Waals surface area contributed by atoms with Crippen molar-refractivity contribution in [1.29, 1.82) is 0 Å². The molecule has 49 heavy (non-hydrogen) atoms. The molecule has 4 bridgehead atoms. The number of hydrogen-bond acceptors (Lipinski definition) is 10. The van der Waals surface area contributed by atoms with Crippen LogP contribution in [0.5, 0.6) is 5.88 Å².